The number of carbonyl (C=O) groups is 1. The molecule has 4 rings (SSSR count). The molecule has 3 fully saturated rings. The molecule has 0 aromatic carbocycles. The van der Waals surface area contributed by atoms with E-state index in [1.807, 2.05) is 6.08 Å². The van der Waals surface area contributed by atoms with Gasteiger partial charge in [0.25, 0.3) is 0 Å². The summed E-state index contributed by atoms with van der Waals surface area (Å²) in [7, 11) is 0. The highest BCUT2D eigenvalue weighted by molar-refractivity contribution is 5.91. The first-order valence-corrected chi connectivity index (χ1v) is 9.78. The average Bonchev–Trinajstić information content (AvgIpc) is 2.52. The van der Waals surface area contributed by atoms with Crippen LogP contribution in [0.1, 0.15) is 72.1 Å². The molecule has 4 aliphatic carbocycles. The van der Waals surface area contributed by atoms with Crippen molar-refractivity contribution in [1.82, 2.24) is 0 Å². The number of fused-ring (bicyclic) bond motifs is 5. The predicted octanol–water partition coefficient (Wildman–Crippen LogP) is 4.52. The minimum Gasteiger partial charge on any atom is -0.392 e. The van der Waals surface area contributed by atoms with E-state index in [0.29, 0.717) is 17.6 Å². The van der Waals surface area contributed by atoms with Crippen LogP contribution in [0.25, 0.3) is 0 Å². The van der Waals surface area contributed by atoms with Crippen molar-refractivity contribution in [2.75, 3.05) is 0 Å². The maximum Gasteiger partial charge on any atom is 0.155 e. The van der Waals surface area contributed by atoms with Gasteiger partial charge in [0, 0.05) is 6.42 Å². The molecular formula is C21H32O2. The SMILES string of the molecule is C[C@@H]1CC[C@H]2[C@@H]3CCC4=CC(=O)CC[C@]4(C)[C@H]3CC[C@]2(C)[C@H]1O. The first-order valence-electron chi connectivity index (χ1n) is 9.78. The Kier molecular flexibility index (Phi) is 3.58. The molecule has 0 radical (unpaired) electrons. The summed E-state index contributed by atoms with van der Waals surface area (Å²) in [5, 5.41) is 10.9. The Labute approximate surface area is 140 Å². The number of carbonyl (C=O) groups excluding carboxylic acids is 1. The van der Waals surface area contributed by atoms with Crippen LogP contribution >= 0.6 is 0 Å². The van der Waals surface area contributed by atoms with Gasteiger partial charge in [-0.2, -0.15) is 0 Å². The maximum absolute atomic E-state index is 11.9. The molecule has 23 heavy (non-hydrogen) atoms. The fourth-order valence-corrected chi connectivity index (χ4v) is 7.07. The quantitative estimate of drug-likeness (QED) is 0.713. The molecule has 4 aliphatic rings. The molecule has 128 valence electrons. The molecule has 1 N–H and O–H groups in total. The van der Waals surface area contributed by atoms with E-state index in [2.05, 4.69) is 20.8 Å². The van der Waals surface area contributed by atoms with E-state index in [-0.39, 0.29) is 16.9 Å². The molecule has 7 atom stereocenters. The zero-order chi connectivity index (χ0) is 16.4. The monoisotopic (exact) mass is 316 g/mol. The third kappa shape index (κ3) is 2.13. The summed E-state index contributed by atoms with van der Waals surface area (Å²) in [5.41, 5.74) is 1.83. The standard InChI is InChI=1S/C21H32O2/c1-13-4-7-17-16-6-5-14-12-15(22)8-10-20(14,2)18(16)9-11-21(17,3)19(13)23/h12-13,16-19,23H,4-11H2,1-3H3/t13-,16+,17+,18+,19+,20+,21+/m1/s1. The van der Waals surface area contributed by atoms with Crippen LogP contribution in [0.5, 0.6) is 0 Å². The normalized spacial score (nSPS) is 53.0. The van der Waals surface area contributed by atoms with Crippen LogP contribution in [0.2, 0.25) is 0 Å². The number of aliphatic hydroxyl groups is 1. The van der Waals surface area contributed by atoms with E-state index in [1.54, 1.807) is 0 Å². The molecule has 0 spiro atoms. The van der Waals surface area contributed by atoms with Crippen LogP contribution in [0.4, 0.5) is 0 Å². The van der Waals surface area contributed by atoms with Crippen LogP contribution < -0.4 is 0 Å². The number of hydrogen-bond donors (Lipinski definition) is 1. The van der Waals surface area contributed by atoms with Gasteiger partial charge in [0.2, 0.25) is 0 Å². The molecule has 0 aromatic rings. The topological polar surface area (TPSA) is 37.3 Å². The van der Waals surface area contributed by atoms with Crippen molar-refractivity contribution in [3.8, 4) is 0 Å². The molecule has 2 nitrogen and oxygen atoms in total. The van der Waals surface area contributed by atoms with E-state index in [0.717, 1.165) is 31.1 Å². The summed E-state index contributed by atoms with van der Waals surface area (Å²) in [6, 6.07) is 0. The van der Waals surface area contributed by atoms with Crippen LogP contribution in [0.15, 0.2) is 11.6 Å². The summed E-state index contributed by atoms with van der Waals surface area (Å²) in [6.45, 7) is 7.03. The molecule has 0 saturated heterocycles. The average molecular weight is 316 g/mol. The third-order valence-corrected chi connectivity index (χ3v) is 8.55. The number of ketones is 1. The Hall–Kier alpha value is -0.630. The van der Waals surface area contributed by atoms with Gasteiger partial charge in [0.05, 0.1) is 6.10 Å². The predicted molar refractivity (Wildman–Crippen MR) is 91.9 cm³/mol. The van der Waals surface area contributed by atoms with Crippen molar-refractivity contribution in [2.24, 2.45) is 34.5 Å². The van der Waals surface area contributed by atoms with E-state index >= 15 is 0 Å². The van der Waals surface area contributed by atoms with E-state index in [4.69, 9.17) is 0 Å². The summed E-state index contributed by atoms with van der Waals surface area (Å²) in [4.78, 5) is 11.9. The molecule has 3 saturated carbocycles. The molecule has 0 aliphatic heterocycles. The summed E-state index contributed by atoms with van der Waals surface area (Å²) in [5.74, 6) is 2.97. The van der Waals surface area contributed by atoms with Crippen molar-refractivity contribution in [3.05, 3.63) is 11.6 Å². The lowest BCUT2D eigenvalue weighted by atomic mass is 9.44. The molecular weight excluding hydrogens is 284 g/mol. The van der Waals surface area contributed by atoms with Crippen LogP contribution in [-0.4, -0.2) is 17.0 Å². The smallest absolute Gasteiger partial charge is 0.155 e. The van der Waals surface area contributed by atoms with Gasteiger partial charge in [-0.05, 0) is 85.5 Å². The Balaban J connectivity index is 1.67. The lowest BCUT2D eigenvalue weighted by Gasteiger charge is -2.62. The summed E-state index contributed by atoms with van der Waals surface area (Å²) in [6.07, 6.45) is 10.9. The number of hydrogen-bond acceptors (Lipinski definition) is 2. The molecule has 0 amide bonds. The van der Waals surface area contributed by atoms with Gasteiger partial charge in [-0.1, -0.05) is 26.3 Å². The van der Waals surface area contributed by atoms with Crippen molar-refractivity contribution in [3.63, 3.8) is 0 Å². The molecule has 0 bridgehead atoms. The number of allylic oxidation sites excluding steroid dienone is 2. The van der Waals surface area contributed by atoms with Crippen molar-refractivity contribution >= 4 is 5.78 Å². The molecule has 0 aromatic heterocycles. The Morgan fingerprint density at radius 1 is 1.04 bits per heavy atom. The van der Waals surface area contributed by atoms with Crippen molar-refractivity contribution < 1.29 is 9.90 Å². The second kappa shape index (κ2) is 5.18. The van der Waals surface area contributed by atoms with Gasteiger partial charge in [-0.3, -0.25) is 4.79 Å². The zero-order valence-electron chi connectivity index (χ0n) is 15.0. The Morgan fingerprint density at radius 2 is 1.83 bits per heavy atom. The van der Waals surface area contributed by atoms with Crippen molar-refractivity contribution in [2.45, 2.75) is 78.2 Å². The first-order chi connectivity index (χ1) is 10.9. The number of rotatable bonds is 0. The Bertz CT molecular complexity index is 550. The maximum atomic E-state index is 11.9. The van der Waals surface area contributed by atoms with Crippen LogP contribution in [-0.2, 0) is 4.79 Å². The Morgan fingerprint density at radius 3 is 2.61 bits per heavy atom. The highest BCUT2D eigenvalue weighted by Crippen LogP contribution is 2.64. The second-order valence-corrected chi connectivity index (χ2v) is 9.51. The van der Waals surface area contributed by atoms with Gasteiger partial charge in [-0.25, -0.2) is 0 Å². The van der Waals surface area contributed by atoms with Gasteiger partial charge >= 0.3 is 0 Å². The number of aliphatic hydroxyl groups excluding tert-OH is 1. The highest BCUT2D eigenvalue weighted by Gasteiger charge is 2.58. The van der Waals surface area contributed by atoms with Gasteiger partial charge < -0.3 is 5.11 Å². The van der Waals surface area contributed by atoms with Gasteiger partial charge in [0.15, 0.2) is 5.78 Å². The highest BCUT2D eigenvalue weighted by atomic mass is 16.3. The lowest BCUT2D eigenvalue weighted by molar-refractivity contribution is -0.150. The van der Waals surface area contributed by atoms with E-state index in [9.17, 15) is 9.90 Å². The first kappa shape index (κ1) is 15.9. The van der Waals surface area contributed by atoms with Crippen molar-refractivity contribution in [1.29, 1.82) is 0 Å². The second-order valence-electron chi connectivity index (χ2n) is 9.51. The fourth-order valence-electron chi connectivity index (χ4n) is 7.07. The fraction of sp³-hybridized carbons (Fsp3) is 0.857. The largest absolute Gasteiger partial charge is 0.392 e. The molecule has 0 unspecified atom stereocenters. The zero-order valence-corrected chi connectivity index (χ0v) is 15.0. The molecule has 0 heterocycles. The van der Waals surface area contributed by atoms with Gasteiger partial charge in [0.1, 0.15) is 0 Å². The van der Waals surface area contributed by atoms with Crippen LogP contribution in [0.3, 0.4) is 0 Å². The van der Waals surface area contributed by atoms with E-state index in [1.165, 1.54) is 37.7 Å². The third-order valence-electron chi connectivity index (χ3n) is 8.55. The molecule has 2 heteroatoms. The summed E-state index contributed by atoms with van der Waals surface area (Å²) < 4.78 is 0. The van der Waals surface area contributed by atoms with Gasteiger partial charge in [-0.15, -0.1) is 0 Å². The lowest BCUT2D eigenvalue weighted by Crippen LogP contribution is -2.57. The van der Waals surface area contributed by atoms with E-state index < -0.39 is 0 Å². The summed E-state index contributed by atoms with van der Waals surface area (Å²) >= 11 is 0. The minimum absolute atomic E-state index is 0.125. The minimum atomic E-state index is -0.125. The van der Waals surface area contributed by atoms with Crippen LogP contribution in [0, 0.1) is 34.5 Å².